The Morgan fingerprint density at radius 2 is 1.87 bits per heavy atom. The average molecular weight is 400 g/mol. The molecule has 152 valence electrons. The van der Waals surface area contributed by atoms with Crippen molar-refractivity contribution in [3.05, 3.63) is 72.2 Å². The summed E-state index contributed by atoms with van der Waals surface area (Å²) in [6, 6.07) is 14.6. The Labute approximate surface area is 175 Å². The van der Waals surface area contributed by atoms with Crippen LogP contribution < -0.4 is 17.1 Å². The fourth-order valence-corrected chi connectivity index (χ4v) is 3.72. The molecule has 0 saturated carbocycles. The summed E-state index contributed by atoms with van der Waals surface area (Å²) in [6.45, 7) is 4.27. The summed E-state index contributed by atoms with van der Waals surface area (Å²) in [5.74, 6) is 5.95. The standard InChI is InChI=1S/C23H25N7/c1-14(2)21-10-16(5-7-20(21)23(24)28-29-25)18-8-9-26-22-11-15(4-6-19(18)22)17-12-27-30(3)13-17/h4-14,29H,25H2,1-3H3,(H2,24,28). The molecule has 0 spiro atoms. The highest BCUT2D eigenvalue weighted by Crippen LogP contribution is 2.33. The van der Waals surface area contributed by atoms with Crippen LogP contribution in [0, 0.1) is 0 Å². The number of nitrogens with two attached hydrogens (primary N) is 2. The summed E-state index contributed by atoms with van der Waals surface area (Å²) in [5.41, 5.74) is 15.7. The molecule has 2 aromatic carbocycles. The molecule has 0 unspecified atom stereocenters. The van der Waals surface area contributed by atoms with Gasteiger partial charge in [-0.05, 0) is 40.3 Å². The SMILES string of the molecule is CC(C)c1cc(-c2ccnc3cc(-c4cnn(C)c4)ccc23)ccc1/C(N)=N/NN. The highest BCUT2D eigenvalue weighted by atomic mass is 15.5. The molecule has 30 heavy (non-hydrogen) atoms. The zero-order valence-electron chi connectivity index (χ0n) is 17.3. The van der Waals surface area contributed by atoms with E-state index < -0.39 is 0 Å². The Balaban J connectivity index is 1.83. The molecule has 7 heteroatoms. The predicted molar refractivity (Wildman–Crippen MR) is 122 cm³/mol. The van der Waals surface area contributed by atoms with Crippen LogP contribution in [0.2, 0.25) is 0 Å². The smallest absolute Gasteiger partial charge is 0.152 e. The van der Waals surface area contributed by atoms with Crippen molar-refractivity contribution in [2.24, 2.45) is 23.7 Å². The maximum atomic E-state index is 6.09. The van der Waals surface area contributed by atoms with Gasteiger partial charge in [-0.1, -0.05) is 44.2 Å². The number of nitrogens with zero attached hydrogens (tertiary/aromatic N) is 4. The first kappa shape index (κ1) is 19.6. The normalized spacial score (nSPS) is 12.0. The summed E-state index contributed by atoms with van der Waals surface area (Å²) in [7, 11) is 1.91. The molecule has 0 atom stereocenters. The van der Waals surface area contributed by atoms with E-state index >= 15 is 0 Å². The third-order valence-electron chi connectivity index (χ3n) is 5.23. The van der Waals surface area contributed by atoms with E-state index in [0.717, 1.165) is 44.3 Å². The van der Waals surface area contributed by atoms with Gasteiger partial charge >= 0.3 is 0 Å². The maximum Gasteiger partial charge on any atom is 0.152 e. The predicted octanol–water partition coefficient (Wildman–Crippen LogP) is 3.51. The van der Waals surface area contributed by atoms with Gasteiger partial charge in [-0.3, -0.25) is 9.67 Å². The molecular weight excluding hydrogens is 374 g/mol. The minimum absolute atomic E-state index is 0.275. The highest BCUT2D eigenvalue weighted by molar-refractivity contribution is 6.01. The number of aryl methyl sites for hydroxylation is 1. The van der Waals surface area contributed by atoms with Gasteiger partial charge in [0.2, 0.25) is 0 Å². The maximum absolute atomic E-state index is 6.09. The number of fused-ring (bicyclic) bond motifs is 1. The van der Waals surface area contributed by atoms with Crippen molar-refractivity contribution in [2.45, 2.75) is 19.8 Å². The topological polar surface area (TPSA) is 107 Å². The van der Waals surface area contributed by atoms with Crippen LogP contribution in [0.3, 0.4) is 0 Å². The monoisotopic (exact) mass is 399 g/mol. The quantitative estimate of drug-likeness (QED) is 0.206. The molecule has 0 radical (unpaired) electrons. The Bertz CT molecular complexity index is 1240. The lowest BCUT2D eigenvalue weighted by Crippen LogP contribution is -2.24. The van der Waals surface area contributed by atoms with E-state index in [1.54, 1.807) is 4.68 Å². The lowest BCUT2D eigenvalue weighted by Gasteiger charge is -2.15. The number of amidine groups is 1. The second kappa shape index (κ2) is 7.96. The second-order valence-electron chi connectivity index (χ2n) is 7.58. The number of hydrazine groups is 1. The van der Waals surface area contributed by atoms with Gasteiger partial charge in [-0.2, -0.15) is 5.10 Å². The number of hydrogen-bond donors (Lipinski definition) is 3. The van der Waals surface area contributed by atoms with Crippen LogP contribution in [0.1, 0.15) is 30.9 Å². The van der Waals surface area contributed by atoms with Crippen LogP contribution in [0.15, 0.2) is 66.2 Å². The van der Waals surface area contributed by atoms with Gasteiger partial charge in [-0.25, -0.2) is 11.4 Å². The van der Waals surface area contributed by atoms with Crippen LogP contribution in [0.5, 0.6) is 0 Å². The van der Waals surface area contributed by atoms with Crippen LogP contribution >= 0.6 is 0 Å². The fourth-order valence-electron chi connectivity index (χ4n) is 3.72. The van der Waals surface area contributed by atoms with Crippen molar-refractivity contribution >= 4 is 16.7 Å². The number of benzene rings is 2. The van der Waals surface area contributed by atoms with E-state index in [4.69, 9.17) is 11.6 Å². The molecule has 7 nitrogen and oxygen atoms in total. The molecule has 0 bridgehead atoms. The van der Waals surface area contributed by atoms with Crippen molar-refractivity contribution in [3.63, 3.8) is 0 Å². The largest absolute Gasteiger partial charge is 0.382 e. The number of hydrazone groups is 1. The summed E-state index contributed by atoms with van der Waals surface area (Å²) < 4.78 is 1.80. The molecule has 0 amide bonds. The molecule has 0 aliphatic heterocycles. The van der Waals surface area contributed by atoms with E-state index in [-0.39, 0.29) is 5.92 Å². The zero-order valence-corrected chi connectivity index (χ0v) is 17.3. The lowest BCUT2D eigenvalue weighted by atomic mass is 9.91. The molecule has 4 rings (SSSR count). The number of rotatable bonds is 5. The van der Waals surface area contributed by atoms with E-state index in [1.165, 1.54) is 0 Å². The molecule has 2 heterocycles. The molecular formula is C23H25N7. The van der Waals surface area contributed by atoms with Crippen LogP contribution in [0.4, 0.5) is 0 Å². The summed E-state index contributed by atoms with van der Waals surface area (Å²) >= 11 is 0. The minimum Gasteiger partial charge on any atom is -0.382 e. The van der Waals surface area contributed by atoms with E-state index in [9.17, 15) is 0 Å². The highest BCUT2D eigenvalue weighted by Gasteiger charge is 2.14. The summed E-state index contributed by atoms with van der Waals surface area (Å²) in [4.78, 5) is 4.60. The molecule has 2 aromatic heterocycles. The average Bonchev–Trinajstić information content (AvgIpc) is 3.19. The molecule has 4 aromatic rings. The summed E-state index contributed by atoms with van der Waals surface area (Å²) in [6.07, 6.45) is 5.71. The lowest BCUT2D eigenvalue weighted by molar-refractivity contribution is 0.768. The van der Waals surface area contributed by atoms with Crippen molar-refractivity contribution in [2.75, 3.05) is 0 Å². The molecule has 0 saturated heterocycles. The van der Waals surface area contributed by atoms with Gasteiger partial charge in [0, 0.05) is 36.0 Å². The van der Waals surface area contributed by atoms with Crippen molar-refractivity contribution in [1.29, 1.82) is 0 Å². The number of aromatic nitrogens is 3. The molecule has 0 aliphatic carbocycles. The third-order valence-corrected chi connectivity index (χ3v) is 5.23. The Kier molecular flexibility index (Phi) is 5.20. The molecule has 0 fully saturated rings. The van der Waals surface area contributed by atoms with Gasteiger partial charge in [0.25, 0.3) is 0 Å². The van der Waals surface area contributed by atoms with Crippen molar-refractivity contribution in [1.82, 2.24) is 20.3 Å². The number of pyridine rings is 1. The van der Waals surface area contributed by atoms with Gasteiger partial charge in [0.15, 0.2) is 5.84 Å². The van der Waals surface area contributed by atoms with Crippen LogP contribution in [0.25, 0.3) is 33.2 Å². The second-order valence-corrected chi connectivity index (χ2v) is 7.58. The van der Waals surface area contributed by atoms with Crippen molar-refractivity contribution in [3.8, 4) is 22.3 Å². The first-order valence-electron chi connectivity index (χ1n) is 9.79. The zero-order chi connectivity index (χ0) is 21.3. The Morgan fingerprint density at radius 3 is 2.57 bits per heavy atom. The number of nitrogens with one attached hydrogen (secondary N) is 1. The van der Waals surface area contributed by atoms with Gasteiger partial charge in [0.05, 0.1) is 11.7 Å². The fraction of sp³-hybridized carbons (Fsp3) is 0.174. The molecule has 5 N–H and O–H groups in total. The first-order valence-corrected chi connectivity index (χ1v) is 9.79. The van der Waals surface area contributed by atoms with Crippen LogP contribution in [-0.2, 0) is 7.05 Å². The van der Waals surface area contributed by atoms with Crippen molar-refractivity contribution < 1.29 is 0 Å². The Hall–Kier alpha value is -3.71. The first-order chi connectivity index (χ1) is 14.5. The summed E-state index contributed by atoms with van der Waals surface area (Å²) in [5, 5.41) is 9.30. The van der Waals surface area contributed by atoms with E-state index in [0.29, 0.717) is 5.84 Å². The molecule has 0 aliphatic rings. The van der Waals surface area contributed by atoms with Gasteiger partial charge in [-0.15, -0.1) is 5.10 Å². The Morgan fingerprint density at radius 1 is 1.07 bits per heavy atom. The van der Waals surface area contributed by atoms with Crippen LogP contribution in [-0.4, -0.2) is 20.6 Å². The minimum atomic E-state index is 0.275. The van der Waals surface area contributed by atoms with E-state index in [1.807, 2.05) is 37.8 Å². The van der Waals surface area contributed by atoms with E-state index in [2.05, 4.69) is 64.9 Å². The third kappa shape index (κ3) is 3.62. The number of hydrogen-bond acceptors (Lipinski definition) is 5. The van der Waals surface area contributed by atoms with Gasteiger partial charge in [0.1, 0.15) is 0 Å². The van der Waals surface area contributed by atoms with Gasteiger partial charge < -0.3 is 5.73 Å².